The number of halogens is 3. The molecule has 8 heteroatoms. The molecule has 0 amide bonds. The van der Waals surface area contributed by atoms with Crippen molar-refractivity contribution in [1.82, 2.24) is 9.55 Å². The molecule has 0 aliphatic carbocycles. The number of alkyl halides is 2. The predicted molar refractivity (Wildman–Crippen MR) is 118 cm³/mol. The number of aryl methyl sites for hydroxylation is 1. The van der Waals surface area contributed by atoms with Crippen molar-refractivity contribution in [2.45, 2.75) is 45.1 Å². The van der Waals surface area contributed by atoms with Crippen LogP contribution in [0.4, 0.5) is 18.9 Å². The number of hydrogen-bond donors (Lipinski definition) is 1. The van der Waals surface area contributed by atoms with E-state index in [2.05, 4.69) is 5.32 Å². The molecule has 1 saturated heterocycles. The third-order valence-electron chi connectivity index (χ3n) is 6.06. The highest BCUT2D eigenvalue weighted by Crippen LogP contribution is 2.33. The average molecular weight is 445 g/mol. The van der Waals surface area contributed by atoms with Gasteiger partial charge in [-0.1, -0.05) is 6.07 Å². The molecule has 1 aliphatic rings. The molecule has 0 saturated carbocycles. The zero-order chi connectivity index (χ0) is 23.0. The molecule has 32 heavy (non-hydrogen) atoms. The number of hydrogen-bond acceptors (Lipinski definition) is 4. The van der Waals surface area contributed by atoms with Crippen molar-refractivity contribution in [3.8, 4) is 0 Å². The van der Waals surface area contributed by atoms with Gasteiger partial charge in [0.15, 0.2) is 0 Å². The maximum absolute atomic E-state index is 13.5. The molecule has 3 aromatic rings. The van der Waals surface area contributed by atoms with Gasteiger partial charge in [0.05, 0.1) is 16.9 Å². The summed E-state index contributed by atoms with van der Waals surface area (Å²) in [7, 11) is 1.73. The summed E-state index contributed by atoms with van der Waals surface area (Å²) in [6.07, 6.45) is -1.25. The van der Waals surface area contributed by atoms with Crippen LogP contribution in [0.25, 0.3) is 10.9 Å². The SMILES string of the molecule is Cc1cc(C(C)Nc2ccc(F)cc2C(F)F)c2nc(C3CCOCC3)n(C)c(=O)c2c1. The Kier molecular flexibility index (Phi) is 6.24. The standard InChI is InChI=1S/C24H26F3N3O2/c1-13-10-17(14(2)28-20-5-4-16(25)12-18(20)22(26)27)21-19(11-13)24(31)30(3)23(29-21)15-6-8-32-9-7-15/h4-5,10-12,14-15,22,28H,6-9H2,1-3H3. The predicted octanol–water partition coefficient (Wildman–Crippen LogP) is 5.39. The van der Waals surface area contributed by atoms with Gasteiger partial charge in [-0.15, -0.1) is 0 Å². The molecule has 1 fully saturated rings. The lowest BCUT2D eigenvalue weighted by Crippen LogP contribution is -2.27. The highest BCUT2D eigenvalue weighted by atomic mass is 19.3. The Hall–Kier alpha value is -2.87. The van der Waals surface area contributed by atoms with Crippen molar-refractivity contribution < 1.29 is 17.9 Å². The number of anilines is 1. The second kappa shape index (κ2) is 8.94. The van der Waals surface area contributed by atoms with Crippen LogP contribution < -0.4 is 10.9 Å². The zero-order valence-electron chi connectivity index (χ0n) is 18.3. The summed E-state index contributed by atoms with van der Waals surface area (Å²) in [5.41, 5.74) is 1.77. The first-order valence-electron chi connectivity index (χ1n) is 10.7. The van der Waals surface area contributed by atoms with Crippen LogP contribution in [-0.4, -0.2) is 22.8 Å². The highest BCUT2D eigenvalue weighted by Gasteiger charge is 2.24. The molecule has 1 unspecified atom stereocenters. The average Bonchev–Trinajstić information content (AvgIpc) is 2.77. The van der Waals surface area contributed by atoms with Gasteiger partial charge in [0.1, 0.15) is 11.6 Å². The first-order valence-corrected chi connectivity index (χ1v) is 10.7. The second-order valence-electron chi connectivity index (χ2n) is 8.37. The third kappa shape index (κ3) is 4.24. The molecule has 1 aliphatic heterocycles. The molecule has 170 valence electrons. The van der Waals surface area contributed by atoms with E-state index in [1.54, 1.807) is 17.7 Å². The summed E-state index contributed by atoms with van der Waals surface area (Å²) in [6.45, 7) is 4.95. The van der Waals surface area contributed by atoms with Crippen LogP contribution in [0, 0.1) is 12.7 Å². The number of nitrogens with one attached hydrogen (secondary N) is 1. The van der Waals surface area contributed by atoms with Gasteiger partial charge in [-0.25, -0.2) is 18.2 Å². The lowest BCUT2D eigenvalue weighted by Gasteiger charge is -2.25. The van der Waals surface area contributed by atoms with E-state index in [0.717, 1.165) is 36.1 Å². The largest absolute Gasteiger partial charge is 0.381 e. The van der Waals surface area contributed by atoms with Gasteiger partial charge < -0.3 is 10.1 Å². The van der Waals surface area contributed by atoms with Crippen molar-refractivity contribution in [3.63, 3.8) is 0 Å². The van der Waals surface area contributed by atoms with Crippen LogP contribution in [-0.2, 0) is 11.8 Å². The Balaban J connectivity index is 1.81. The van der Waals surface area contributed by atoms with Crippen molar-refractivity contribution in [1.29, 1.82) is 0 Å². The highest BCUT2D eigenvalue weighted by molar-refractivity contribution is 5.83. The minimum absolute atomic E-state index is 0.116. The van der Waals surface area contributed by atoms with Gasteiger partial charge in [-0.2, -0.15) is 0 Å². The van der Waals surface area contributed by atoms with E-state index >= 15 is 0 Å². The molecule has 5 nitrogen and oxygen atoms in total. The number of fused-ring (bicyclic) bond motifs is 1. The number of nitrogens with zero attached hydrogens (tertiary/aromatic N) is 2. The van der Waals surface area contributed by atoms with Crippen molar-refractivity contribution in [2.24, 2.45) is 7.05 Å². The molecular formula is C24H26F3N3O2. The van der Waals surface area contributed by atoms with Crippen LogP contribution in [0.3, 0.4) is 0 Å². The fourth-order valence-corrected chi connectivity index (χ4v) is 4.38. The van der Waals surface area contributed by atoms with Crippen LogP contribution >= 0.6 is 0 Å². The topological polar surface area (TPSA) is 56.2 Å². The molecule has 1 aromatic heterocycles. The van der Waals surface area contributed by atoms with Gasteiger partial charge in [0.25, 0.3) is 12.0 Å². The Morgan fingerprint density at radius 1 is 1.16 bits per heavy atom. The summed E-state index contributed by atoms with van der Waals surface area (Å²) in [6, 6.07) is 6.56. The lowest BCUT2D eigenvalue weighted by molar-refractivity contribution is 0.0828. The Morgan fingerprint density at radius 3 is 2.56 bits per heavy atom. The van der Waals surface area contributed by atoms with E-state index in [9.17, 15) is 18.0 Å². The number of rotatable bonds is 5. The summed E-state index contributed by atoms with van der Waals surface area (Å²) in [5, 5.41) is 3.56. The van der Waals surface area contributed by atoms with Crippen LogP contribution in [0.15, 0.2) is 35.1 Å². The first-order chi connectivity index (χ1) is 15.3. The Morgan fingerprint density at radius 2 is 1.88 bits per heavy atom. The van der Waals surface area contributed by atoms with E-state index in [1.807, 2.05) is 19.9 Å². The zero-order valence-corrected chi connectivity index (χ0v) is 18.3. The maximum Gasteiger partial charge on any atom is 0.265 e. The van der Waals surface area contributed by atoms with Crippen molar-refractivity contribution in [3.05, 3.63) is 69.0 Å². The molecular weight excluding hydrogens is 419 g/mol. The van der Waals surface area contributed by atoms with E-state index in [-0.39, 0.29) is 17.2 Å². The first kappa shape index (κ1) is 22.3. The molecule has 0 radical (unpaired) electrons. The van der Waals surface area contributed by atoms with E-state index < -0.39 is 23.8 Å². The van der Waals surface area contributed by atoms with E-state index in [1.165, 1.54) is 6.07 Å². The monoisotopic (exact) mass is 445 g/mol. The normalized spacial score (nSPS) is 16.0. The number of ether oxygens (including phenoxy) is 1. The Labute approximate surface area is 184 Å². The van der Waals surface area contributed by atoms with Crippen LogP contribution in [0.2, 0.25) is 0 Å². The smallest absolute Gasteiger partial charge is 0.265 e. The van der Waals surface area contributed by atoms with Crippen LogP contribution in [0.5, 0.6) is 0 Å². The quantitative estimate of drug-likeness (QED) is 0.573. The fourth-order valence-electron chi connectivity index (χ4n) is 4.38. The number of aromatic nitrogens is 2. The lowest BCUT2D eigenvalue weighted by atomic mass is 9.97. The van der Waals surface area contributed by atoms with E-state index in [4.69, 9.17) is 9.72 Å². The molecule has 4 rings (SSSR count). The maximum atomic E-state index is 13.5. The van der Waals surface area contributed by atoms with Gasteiger partial charge in [0, 0.05) is 43.0 Å². The molecule has 2 heterocycles. The van der Waals surface area contributed by atoms with Gasteiger partial charge in [-0.05, 0) is 56.5 Å². The van der Waals surface area contributed by atoms with Crippen LogP contribution in [0.1, 0.15) is 60.7 Å². The summed E-state index contributed by atoms with van der Waals surface area (Å²) < 4.78 is 47.5. The molecule has 1 atom stereocenters. The summed E-state index contributed by atoms with van der Waals surface area (Å²) >= 11 is 0. The van der Waals surface area contributed by atoms with Gasteiger partial charge in [0.2, 0.25) is 0 Å². The molecule has 1 N–H and O–H groups in total. The van der Waals surface area contributed by atoms with Gasteiger partial charge in [-0.3, -0.25) is 9.36 Å². The minimum Gasteiger partial charge on any atom is -0.381 e. The second-order valence-corrected chi connectivity index (χ2v) is 8.37. The van der Waals surface area contributed by atoms with Gasteiger partial charge >= 0.3 is 0 Å². The fraction of sp³-hybridized carbons (Fsp3) is 0.417. The van der Waals surface area contributed by atoms with Crippen molar-refractivity contribution in [2.75, 3.05) is 18.5 Å². The Bertz CT molecular complexity index is 1200. The molecule has 0 bridgehead atoms. The molecule has 2 aromatic carbocycles. The third-order valence-corrected chi connectivity index (χ3v) is 6.06. The van der Waals surface area contributed by atoms with Crippen molar-refractivity contribution >= 4 is 16.6 Å². The summed E-state index contributed by atoms with van der Waals surface area (Å²) in [5.74, 6) is 0.106. The van der Waals surface area contributed by atoms with E-state index in [0.29, 0.717) is 29.9 Å². The summed E-state index contributed by atoms with van der Waals surface area (Å²) in [4.78, 5) is 18.1. The molecule has 0 spiro atoms. The number of benzene rings is 2. The minimum atomic E-state index is -2.82.